The van der Waals surface area contributed by atoms with Crippen LogP contribution in [-0.2, 0) is 0 Å². The Morgan fingerprint density at radius 3 is 2.48 bits per heavy atom. The molecule has 7 heteroatoms. The topological polar surface area (TPSA) is 49.8 Å². The fourth-order valence-electron chi connectivity index (χ4n) is 1.94. The zero-order chi connectivity index (χ0) is 15.0. The Hall–Kier alpha value is -1.76. The molecule has 4 nitrogen and oxygen atoms in total. The van der Waals surface area contributed by atoms with Gasteiger partial charge in [0.05, 0.1) is 10.2 Å². The highest BCUT2D eigenvalue weighted by Gasteiger charge is 2.27. The molecule has 0 radical (unpaired) electrons. The first-order valence-corrected chi connectivity index (χ1v) is 7.34. The van der Waals surface area contributed by atoms with Crippen molar-refractivity contribution < 1.29 is 8.78 Å². The summed E-state index contributed by atoms with van der Waals surface area (Å²) in [5, 5.41) is 5.83. The largest absolute Gasteiger partial charge is 0.373 e. The lowest BCUT2D eigenvalue weighted by Gasteiger charge is -2.11. The van der Waals surface area contributed by atoms with E-state index in [-0.39, 0.29) is 10.2 Å². The molecule has 0 saturated heterocycles. The Bertz CT molecular complexity index is 689. The lowest BCUT2D eigenvalue weighted by atomic mass is 10.3. The van der Waals surface area contributed by atoms with Gasteiger partial charge in [-0.2, -0.15) is 0 Å². The first-order chi connectivity index (χ1) is 10.1. The molecule has 21 heavy (non-hydrogen) atoms. The second-order valence-corrected chi connectivity index (χ2v) is 5.75. The average molecular weight is 355 g/mol. The number of aromatic nitrogens is 2. The van der Waals surface area contributed by atoms with Gasteiger partial charge in [0.25, 0.3) is 0 Å². The van der Waals surface area contributed by atoms with Gasteiger partial charge in [-0.15, -0.1) is 0 Å². The van der Waals surface area contributed by atoms with Crippen LogP contribution < -0.4 is 10.6 Å². The summed E-state index contributed by atoms with van der Waals surface area (Å²) in [4.78, 5) is 8.78. The minimum absolute atomic E-state index is 0.158. The summed E-state index contributed by atoms with van der Waals surface area (Å²) in [6.07, 6.45) is 2.14. The van der Waals surface area contributed by atoms with Gasteiger partial charge >= 0.3 is 0 Å². The standard InChI is InChI=1S/C14H13BrF2N4/c1-18-12-6-13(21-14(20-12)7-2-3-7)19-11-4-8(15)9(16)5-10(11)17/h4-7H,2-3H2,1H3,(H2,18,19,20,21). The number of anilines is 3. The maximum absolute atomic E-state index is 13.8. The predicted octanol–water partition coefficient (Wildman–Crippen LogP) is 4.18. The van der Waals surface area contributed by atoms with Crippen LogP contribution in [-0.4, -0.2) is 17.0 Å². The summed E-state index contributed by atoms with van der Waals surface area (Å²) < 4.78 is 27.2. The van der Waals surface area contributed by atoms with Gasteiger partial charge in [-0.05, 0) is 34.8 Å². The molecule has 0 atom stereocenters. The van der Waals surface area contributed by atoms with E-state index in [2.05, 4.69) is 36.5 Å². The molecule has 0 unspecified atom stereocenters. The van der Waals surface area contributed by atoms with Gasteiger partial charge in [0.1, 0.15) is 29.1 Å². The molecule has 3 rings (SSSR count). The Labute approximate surface area is 129 Å². The van der Waals surface area contributed by atoms with Gasteiger partial charge in [-0.1, -0.05) is 0 Å². The van der Waals surface area contributed by atoms with Crippen molar-refractivity contribution in [3.05, 3.63) is 40.1 Å². The predicted molar refractivity (Wildman–Crippen MR) is 80.9 cm³/mol. The number of rotatable bonds is 4. The van der Waals surface area contributed by atoms with Gasteiger partial charge in [0.15, 0.2) is 0 Å². The number of nitrogens with one attached hydrogen (secondary N) is 2. The summed E-state index contributed by atoms with van der Waals surface area (Å²) in [7, 11) is 1.76. The van der Waals surface area contributed by atoms with Crippen LogP contribution in [0, 0.1) is 11.6 Å². The lowest BCUT2D eigenvalue weighted by Crippen LogP contribution is -2.04. The van der Waals surface area contributed by atoms with Crippen molar-refractivity contribution in [2.45, 2.75) is 18.8 Å². The van der Waals surface area contributed by atoms with Crippen LogP contribution in [0.1, 0.15) is 24.6 Å². The molecule has 1 aromatic heterocycles. The summed E-state index contributed by atoms with van der Waals surface area (Å²) in [6, 6.07) is 3.86. The van der Waals surface area contributed by atoms with E-state index in [0.717, 1.165) is 24.7 Å². The maximum Gasteiger partial charge on any atom is 0.149 e. The van der Waals surface area contributed by atoms with Gasteiger partial charge in [-0.25, -0.2) is 18.7 Å². The van der Waals surface area contributed by atoms with Crippen LogP contribution in [0.15, 0.2) is 22.7 Å². The number of hydrogen-bond acceptors (Lipinski definition) is 4. The fourth-order valence-corrected chi connectivity index (χ4v) is 2.28. The van der Waals surface area contributed by atoms with Crippen LogP contribution in [0.4, 0.5) is 26.1 Å². The van der Waals surface area contributed by atoms with Crippen molar-refractivity contribution in [2.75, 3.05) is 17.7 Å². The minimum Gasteiger partial charge on any atom is -0.373 e. The van der Waals surface area contributed by atoms with Crippen molar-refractivity contribution in [3.63, 3.8) is 0 Å². The summed E-state index contributed by atoms with van der Waals surface area (Å²) >= 11 is 3.04. The van der Waals surface area contributed by atoms with Gasteiger partial charge < -0.3 is 10.6 Å². The first-order valence-electron chi connectivity index (χ1n) is 6.55. The van der Waals surface area contributed by atoms with E-state index in [1.54, 1.807) is 13.1 Å². The Morgan fingerprint density at radius 2 is 1.81 bits per heavy atom. The van der Waals surface area contributed by atoms with Crippen molar-refractivity contribution in [3.8, 4) is 0 Å². The Balaban J connectivity index is 1.94. The van der Waals surface area contributed by atoms with E-state index in [1.165, 1.54) is 6.07 Å². The number of benzene rings is 1. The van der Waals surface area contributed by atoms with Gasteiger partial charge in [0.2, 0.25) is 0 Å². The van der Waals surface area contributed by atoms with Crippen molar-refractivity contribution >= 4 is 33.3 Å². The monoisotopic (exact) mass is 354 g/mol. The van der Waals surface area contributed by atoms with Gasteiger partial charge in [-0.3, -0.25) is 0 Å². The molecule has 1 aromatic carbocycles. The van der Waals surface area contributed by atoms with Crippen LogP contribution in [0.5, 0.6) is 0 Å². The molecular formula is C14H13BrF2N4. The molecule has 0 aliphatic heterocycles. The fraction of sp³-hybridized carbons (Fsp3) is 0.286. The van der Waals surface area contributed by atoms with Crippen LogP contribution in [0.25, 0.3) is 0 Å². The molecular weight excluding hydrogens is 342 g/mol. The highest BCUT2D eigenvalue weighted by molar-refractivity contribution is 9.10. The first kappa shape index (κ1) is 14.2. The highest BCUT2D eigenvalue weighted by atomic mass is 79.9. The van der Waals surface area contributed by atoms with Crippen molar-refractivity contribution in [1.82, 2.24) is 9.97 Å². The maximum atomic E-state index is 13.8. The summed E-state index contributed by atoms with van der Waals surface area (Å²) in [5.41, 5.74) is 0.158. The molecule has 0 spiro atoms. The molecule has 110 valence electrons. The summed E-state index contributed by atoms with van der Waals surface area (Å²) in [5.74, 6) is 0.947. The molecule has 1 saturated carbocycles. The highest BCUT2D eigenvalue weighted by Crippen LogP contribution is 2.39. The van der Waals surface area contributed by atoms with E-state index >= 15 is 0 Å². The SMILES string of the molecule is CNc1cc(Nc2cc(Br)c(F)cc2F)nc(C2CC2)n1. The van der Waals surface area contributed by atoms with Crippen LogP contribution >= 0.6 is 15.9 Å². The van der Waals surface area contributed by atoms with E-state index in [0.29, 0.717) is 17.6 Å². The van der Waals surface area contributed by atoms with Crippen molar-refractivity contribution in [1.29, 1.82) is 0 Å². The molecule has 1 heterocycles. The third-order valence-electron chi connectivity index (χ3n) is 3.21. The van der Waals surface area contributed by atoms with E-state index < -0.39 is 11.6 Å². The van der Waals surface area contributed by atoms with E-state index in [9.17, 15) is 8.78 Å². The smallest absolute Gasteiger partial charge is 0.149 e. The number of hydrogen-bond donors (Lipinski definition) is 2. The second kappa shape index (κ2) is 5.55. The average Bonchev–Trinajstić information content (AvgIpc) is 3.29. The zero-order valence-corrected chi connectivity index (χ0v) is 12.8. The molecule has 1 aliphatic rings. The molecule has 0 bridgehead atoms. The third kappa shape index (κ3) is 3.12. The third-order valence-corrected chi connectivity index (χ3v) is 3.82. The van der Waals surface area contributed by atoms with E-state index in [1.807, 2.05) is 0 Å². The number of halogens is 3. The van der Waals surface area contributed by atoms with Crippen LogP contribution in [0.2, 0.25) is 0 Å². The lowest BCUT2D eigenvalue weighted by molar-refractivity contribution is 0.581. The molecule has 2 aromatic rings. The van der Waals surface area contributed by atoms with Gasteiger partial charge in [0, 0.05) is 25.1 Å². The quantitative estimate of drug-likeness (QED) is 0.808. The molecule has 1 fully saturated rings. The number of nitrogens with zero attached hydrogens (tertiary/aromatic N) is 2. The molecule has 1 aliphatic carbocycles. The Kier molecular flexibility index (Phi) is 3.75. The second-order valence-electron chi connectivity index (χ2n) is 4.89. The van der Waals surface area contributed by atoms with Crippen molar-refractivity contribution in [2.24, 2.45) is 0 Å². The summed E-state index contributed by atoms with van der Waals surface area (Å²) in [6.45, 7) is 0. The Morgan fingerprint density at radius 1 is 1.10 bits per heavy atom. The molecule has 0 amide bonds. The zero-order valence-electron chi connectivity index (χ0n) is 11.3. The molecule has 2 N–H and O–H groups in total. The van der Waals surface area contributed by atoms with Crippen LogP contribution in [0.3, 0.4) is 0 Å². The minimum atomic E-state index is -0.673. The van der Waals surface area contributed by atoms with E-state index in [4.69, 9.17) is 0 Å². The normalized spacial score (nSPS) is 14.1.